The van der Waals surface area contributed by atoms with Gasteiger partial charge in [0.25, 0.3) is 0 Å². The van der Waals surface area contributed by atoms with Crippen LogP contribution in [0, 0.1) is 0 Å². The zero-order valence-corrected chi connectivity index (χ0v) is 17.7. The second kappa shape index (κ2) is 7.41. The Labute approximate surface area is 176 Å². The molecule has 152 valence electrons. The van der Waals surface area contributed by atoms with Gasteiger partial charge >= 0.3 is 0 Å². The van der Waals surface area contributed by atoms with Crippen molar-refractivity contribution in [2.24, 2.45) is 0 Å². The molecule has 0 unspecified atom stereocenters. The highest BCUT2D eigenvalue weighted by Crippen LogP contribution is 2.42. The number of nitrogens with two attached hydrogens (primary N) is 1. The third kappa shape index (κ3) is 3.47. The maximum absolute atomic E-state index is 12.7. The molecule has 3 aromatic rings. The maximum Gasteiger partial charge on any atom is 0.167 e. The number of allylic oxidation sites excluding steroid dienone is 4. The van der Waals surface area contributed by atoms with Gasteiger partial charge in [0, 0.05) is 52.0 Å². The minimum absolute atomic E-state index is 0.0948. The summed E-state index contributed by atoms with van der Waals surface area (Å²) in [6.07, 6.45) is 9.62. The Morgan fingerprint density at radius 2 is 1.83 bits per heavy atom. The first-order chi connectivity index (χ1) is 14.3. The van der Waals surface area contributed by atoms with Crippen LogP contribution in [0.15, 0.2) is 54.9 Å². The average Bonchev–Trinajstić information content (AvgIpc) is 2.72. The zero-order chi connectivity index (χ0) is 21.5. The monoisotopic (exact) mass is 399 g/mol. The SMILES string of the molecule is COc1c(C(C)(C)C)cc(C2=CC=CCC2=O)c2ncc(-c3ccc(N)nc3)cc12. The van der Waals surface area contributed by atoms with Gasteiger partial charge < -0.3 is 10.5 Å². The predicted molar refractivity (Wildman–Crippen MR) is 121 cm³/mol. The summed E-state index contributed by atoms with van der Waals surface area (Å²) in [6, 6.07) is 7.80. The molecule has 0 saturated carbocycles. The van der Waals surface area contributed by atoms with Crippen LogP contribution in [0.2, 0.25) is 0 Å². The molecule has 30 heavy (non-hydrogen) atoms. The van der Waals surface area contributed by atoms with Crippen LogP contribution in [0.3, 0.4) is 0 Å². The second-order valence-corrected chi connectivity index (χ2v) is 8.48. The number of pyridine rings is 2. The van der Waals surface area contributed by atoms with Gasteiger partial charge in [0.15, 0.2) is 5.78 Å². The number of nitrogen functional groups attached to an aromatic ring is 1. The van der Waals surface area contributed by atoms with E-state index in [0.29, 0.717) is 17.8 Å². The molecule has 2 aromatic heterocycles. The van der Waals surface area contributed by atoms with Gasteiger partial charge in [-0.3, -0.25) is 9.78 Å². The summed E-state index contributed by atoms with van der Waals surface area (Å²) in [6.45, 7) is 6.41. The van der Waals surface area contributed by atoms with E-state index in [1.54, 1.807) is 25.6 Å². The van der Waals surface area contributed by atoms with Crippen molar-refractivity contribution >= 4 is 28.1 Å². The summed E-state index contributed by atoms with van der Waals surface area (Å²) in [5.74, 6) is 1.34. The molecule has 0 bridgehead atoms. The number of carbonyl (C=O) groups is 1. The van der Waals surface area contributed by atoms with E-state index in [0.717, 1.165) is 38.9 Å². The van der Waals surface area contributed by atoms with E-state index >= 15 is 0 Å². The van der Waals surface area contributed by atoms with E-state index in [9.17, 15) is 4.79 Å². The molecular weight excluding hydrogens is 374 g/mol. The molecule has 0 fully saturated rings. The van der Waals surface area contributed by atoms with Gasteiger partial charge in [-0.15, -0.1) is 0 Å². The van der Waals surface area contributed by atoms with Gasteiger partial charge in [0.05, 0.1) is 12.6 Å². The van der Waals surface area contributed by atoms with Crippen LogP contribution >= 0.6 is 0 Å². The Morgan fingerprint density at radius 3 is 2.47 bits per heavy atom. The standard InChI is InChI=1S/C25H25N3O2/c1-25(2,3)20-12-18(17-7-5-6-8-21(17)29)23-19(24(20)30-4)11-16(14-28-23)15-9-10-22(26)27-13-15/h5-7,9-14H,8H2,1-4H3,(H2,26,27). The highest BCUT2D eigenvalue weighted by Gasteiger charge is 2.26. The van der Waals surface area contributed by atoms with E-state index in [1.807, 2.05) is 24.3 Å². The van der Waals surface area contributed by atoms with Crippen molar-refractivity contribution in [3.05, 3.63) is 66.0 Å². The van der Waals surface area contributed by atoms with Crippen LogP contribution in [0.25, 0.3) is 27.6 Å². The lowest BCUT2D eigenvalue weighted by Gasteiger charge is -2.25. The van der Waals surface area contributed by atoms with Crippen LogP contribution in [0.4, 0.5) is 5.82 Å². The van der Waals surface area contributed by atoms with Crippen molar-refractivity contribution in [2.75, 3.05) is 12.8 Å². The minimum atomic E-state index is -0.179. The molecular formula is C25H25N3O2. The molecule has 0 saturated heterocycles. The molecule has 5 nitrogen and oxygen atoms in total. The fraction of sp³-hybridized carbons (Fsp3) is 0.240. The minimum Gasteiger partial charge on any atom is -0.496 e. The van der Waals surface area contributed by atoms with Crippen molar-refractivity contribution in [3.63, 3.8) is 0 Å². The van der Waals surface area contributed by atoms with Crippen LogP contribution in [-0.4, -0.2) is 22.9 Å². The summed E-state index contributed by atoms with van der Waals surface area (Å²) in [5, 5.41) is 0.873. The number of ether oxygens (including phenoxy) is 1. The number of fused-ring (bicyclic) bond motifs is 1. The van der Waals surface area contributed by atoms with Gasteiger partial charge in [-0.05, 0) is 29.7 Å². The first-order valence-electron chi connectivity index (χ1n) is 9.93. The molecule has 4 rings (SSSR count). The fourth-order valence-corrected chi connectivity index (χ4v) is 3.77. The first kappa shape index (κ1) is 19.8. The predicted octanol–water partition coefficient (Wildman–Crippen LogP) is 5.10. The summed E-state index contributed by atoms with van der Waals surface area (Å²) >= 11 is 0. The number of ketones is 1. The number of rotatable bonds is 3. The first-order valence-corrected chi connectivity index (χ1v) is 9.93. The van der Waals surface area contributed by atoms with Crippen LogP contribution in [0.1, 0.15) is 38.3 Å². The molecule has 0 atom stereocenters. The highest BCUT2D eigenvalue weighted by atomic mass is 16.5. The van der Waals surface area contributed by atoms with E-state index in [1.165, 1.54) is 0 Å². The fourth-order valence-electron chi connectivity index (χ4n) is 3.77. The van der Waals surface area contributed by atoms with Gasteiger partial charge in [-0.25, -0.2) is 4.98 Å². The number of benzene rings is 1. The highest BCUT2D eigenvalue weighted by molar-refractivity contribution is 6.25. The Balaban J connectivity index is 2.05. The van der Waals surface area contributed by atoms with Crippen molar-refractivity contribution in [1.82, 2.24) is 9.97 Å². The number of hydrogen-bond donors (Lipinski definition) is 1. The Bertz CT molecular complexity index is 1200. The Morgan fingerprint density at radius 1 is 1.07 bits per heavy atom. The van der Waals surface area contributed by atoms with Crippen molar-refractivity contribution < 1.29 is 9.53 Å². The molecule has 0 aliphatic heterocycles. The smallest absolute Gasteiger partial charge is 0.167 e. The number of anilines is 1. The summed E-state index contributed by atoms with van der Waals surface area (Å²) in [7, 11) is 1.68. The lowest BCUT2D eigenvalue weighted by molar-refractivity contribution is -0.113. The summed E-state index contributed by atoms with van der Waals surface area (Å²) in [4.78, 5) is 21.6. The van der Waals surface area contributed by atoms with Gasteiger partial charge in [0.2, 0.25) is 0 Å². The topological polar surface area (TPSA) is 78.1 Å². The third-order valence-corrected chi connectivity index (χ3v) is 5.35. The van der Waals surface area contributed by atoms with Crippen molar-refractivity contribution in [2.45, 2.75) is 32.6 Å². The zero-order valence-electron chi connectivity index (χ0n) is 17.7. The van der Waals surface area contributed by atoms with Crippen LogP contribution < -0.4 is 10.5 Å². The molecule has 1 aliphatic carbocycles. The molecule has 1 aromatic carbocycles. The quantitative estimate of drug-likeness (QED) is 0.663. The number of carbonyl (C=O) groups excluding carboxylic acids is 1. The number of Topliss-reactive ketones (excluding diaryl/α,β-unsaturated/α-hetero) is 1. The normalized spacial score (nSPS) is 14.1. The molecule has 2 N–H and O–H groups in total. The maximum atomic E-state index is 12.7. The Kier molecular flexibility index (Phi) is 4.90. The lowest BCUT2D eigenvalue weighted by Crippen LogP contribution is -2.15. The third-order valence-electron chi connectivity index (χ3n) is 5.35. The number of hydrogen-bond acceptors (Lipinski definition) is 5. The molecule has 5 heteroatoms. The molecule has 0 spiro atoms. The summed E-state index contributed by atoms with van der Waals surface area (Å²) in [5.41, 5.74) is 10.7. The molecule has 0 radical (unpaired) electrons. The summed E-state index contributed by atoms with van der Waals surface area (Å²) < 4.78 is 5.87. The molecule has 2 heterocycles. The van der Waals surface area contributed by atoms with E-state index in [4.69, 9.17) is 15.5 Å². The molecule has 0 amide bonds. The van der Waals surface area contributed by atoms with E-state index in [-0.39, 0.29) is 11.2 Å². The number of aromatic nitrogens is 2. The lowest BCUT2D eigenvalue weighted by atomic mass is 9.82. The second-order valence-electron chi connectivity index (χ2n) is 8.48. The van der Waals surface area contributed by atoms with Gasteiger partial charge in [-0.2, -0.15) is 0 Å². The van der Waals surface area contributed by atoms with Crippen LogP contribution in [-0.2, 0) is 10.2 Å². The molecule has 1 aliphatic rings. The average molecular weight is 399 g/mol. The van der Waals surface area contributed by atoms with Crippen LogP contribution in [0.5, 0.6) is 5.75 Å². The largest absolute Gasteiger partial charge is 0.496 e. The van der Waals surface area contributed by atoms with E-state index in [2.05, 4.69) is 37.9 Å². The number of nitrogens with zero attached hydrogens (tertiary/aromatic N) is 2. The van der Waals surface area contributed by atoms with Gasteiger partial charge in [-0.1, -0.05) is 39.0 Å². The Hall–Kier alpha value is -3.47. The van der Waals surface area contributed by atoms with Crippen molar-refractivity contribution in [3.8, 4) is 16.9 Å². The van der Waals surface area contributed by atoms with E-state index < -0.39 is 0 Å². The van der Waals surface area contributed by atoms with Crippen molar-refractivity contribution in [1.29, 1.82) is 0 Å². The van der Waals surface area contributed by atoms with Gasteiger partial charge in [0.1, 0.15) is 11.6 Å². The number of methoxy groups -OCH3 is 1.